The van der Waals surface area contributed by atoms with Crippen molar-refractivity contribution in [1.82, 2.24) is 15.2 Å². The van der Waals surface area contributed by atoms with Gasteiger partial charge in [0.25, 0.3) is 0 Å². The van der Waals surface area contributed by atoms with Gasteiger partial charge in [-0.2, -0.15) is 4.98 Å². The van der Waals surface area contributed by atoms with Crippen LogP contribution in [0.4, 0.5) is 11.9 Å². The summed E-state index contributed by atoms with van der Waals surface area (Å²) in [5, 5.41) is 6.50. The van der Waals surface area contributed by atoms with Gasteiger partial charge in [0.05, 0.1) is 0 Å². The first kappa shape index (κ1) is 5.52. The van der Waals surface area contributed by atoms with Crippen LogP contribution in [0.3, 0.4) is 0 Å². The third-order valence-corrected chi connectivity index (χ3v) is 1.63. The zero-order valence-corrected chi connectivity index (χ0v) is 5.54. The molecule has 1 aliphatic heterocycles. The molecule has 10 heavy (non-hydrogen) atoms. The molecule has 1 aromatic heterocycles. The Morgan fingerprint density at radius 2 is 2.30 bits per heavy atom. The van der Waals surface area contributed by atoms with Crippen LogP contribution in [0, 0.1) is 0 Å². The summed E-state index contributed by atoms with van der Waals surface area (Å²) in [5.74, 6) is 1.12. The lowest BCUT2D eigenvalue weighted by Crippen LogP contribution is -2.37. The second kappa shape index (κ2) is 1.86. The van der Waals surface area contributed by atoms with Gasteiger partial charge in [-0.3, -0.25) is 0 Å². The number of H-pyrrole nitrogens is 1. The van der Waals surface area contributed by atoms with Crippen LogP contribution in [0.25, 0.3) is 0 Å². The minimum Gasteiger partial charge on any atom is -0.368 e. The van der Waals surface area contributed by atoms with Gasteiger partial charge in [0, 0.05) is 13.1 Å². The van der Waals surface area contributed by atoms with Crippen LogP contribution in [-0.2, 0) is 0 Å². The molecule has 3 N–H and O–H groups in total. The molecule has 0 bridgehead atoms. The first-order valence-corrected chi connectivity index (χ1v) is 3.29. The first-order valence-electron chi connectivity index (χ1n) is 3.29. The predicted molar refractivity (Wildman–Crippen MR) is 37.6 cm³/mol. The van der Waals surface area contributed by atoms with E-state index >= 15 is 0 Å². The van der Waals surface area contributed by atoms with E-state index in [-0.39, 0.29) is 0 Å². The van der Waals surface area contributed by atoms with Gasteiger partial charge in [-0.1, -0.05) is 0 Å². The molecule has 1 saturated heterocycles. The molecule has 0 saturated carbocycles. The highest BCUT2D eigenvalue weighted by Crippen LogP contribution is 2.14. The maximum atomic E-state index is 5.34. The highest BCUT2D eigenvalue weighted by molar-refractivity contribution is 5.35. The minimum absolute atomic E-state index is 0.391. The largest absolute Gasteiger partial charge is 0.368 e. The quantitative estimate of drug-likeness (QED) is 0.555. The Hall–Kier alpha value is -1.26. The summed E-state index contributed by atoms with van der Waals surface area (Å²) < 4.78 is 0. The Kier molecular flexibility index (Phi) is 1.03. The second-order valence-electron chi connectivity index (χ2n) is 2.36. The van der Waals surface area contributed by atoms with Gasteiger partial charge < -0.3 is 10.6 Å². The first-order chi connectivity index (χ1) is 4.86. The molecule has 2 rings (SSSR count). The molecule has 2 heterocycles. The molecular weight excluding hydrogens is 130 g/mol. The minimum atomic E-state index is 0.391. The standard InChI is InChI=1S/C5H9N5/c6-4-7-5(9-8-4)10-2-1-3-10/h1-3H2,(H3,6,7,8,9). The lowest BCUT2D eigenvalue weighted by atomic mass is 10.2. The van der Waals surface area contributed by atoms with E-state index in [0.717, 1.165) is 19.0 Å². The number of hydrogen-bond donors (Lipinski definition) is 2. The monoisotopic (exact) mass is 139 g/mol. The summed E-state index contributed by atoms with van der Waals surface area (Å²) in [7, 11) is 0. The lowest BCUT2D eigenvalue weighted by molar-refractivity contribution is 0.601. The highest BCUT2D eigenvalue weighted by atomic mass is 15.4. The average molecular weight is 139 g/mol. The van der Waals surface area contributed by atoms with Gasteiger partial charge in [-0.25, -0.2) is 5.10 Å². The molecule has 0 spiro atoms. The summed E-state index contributed by atoms with van der Waals surface area (Å²) in [6, 6.07) is 0. The SMILES string of the molecule is Nc1nc(N2CCC2)n[nH]1. The van der Waals surface area contributed by atoms with Crippen LogP contribution in [0.5, 0.6) is 0 Å². The molecule has 0 aliphatic carbocycles. The summed E-state index contributed by atoms with van der Waals surface area (Å²) in [4.78, 5) is 6.05. The van der Waals surface area contributed by atoms with E-state index in [2.05, 4.69) is 20.1 Å². The molecule has 1 aliphatic rings. The summed E-state index contributed by atoms with van der Waals surface area (Å²) >= 11 is 0. The highest BCUT2D eigenvalue weighted by Gasteiger charge is 2.17. The lowest BCUT2D eigenvalue weighted by Gasteiger charge is -2.29. The maximum Gasteiger partial charge on any atom is 0.246 e. The van der Waals surface area contributed by atoms with E-state index in [0.29, 0.717) is 5.95 Å². The number of nitrogen functional groups attached to an aromatic ring is 1. The Bertz CT molecular complexity index is 226. The number of aromatic amines is 1. The number of nitrogens with zero attached hydrogens (tertiary/aromatic N) is 3. The third-order valence-electron chi connectivity index (χ3n) is 1.63. The number of hydrogen-bond acceptors (Lipinski definition) is 4. The molecule has 54 valence electrons. The van der Waals surface area contributed by atoms with Crippen molar-refractivity contribution in [3.8, 4) is 0 Å². The van der Waals surface area contributed by atoms with Gasteiger partial charge in [-0.15, -0.1) is 5.10 Å². The van der Waals surface area contributed by atoms with Crippen molar-refractivity contribution in [3.63, 3.8) is 0 Å². The number of aromatic nitrogens is 3. The Balaban J connectivity index is 2.17. The normalized spacial score (nSPS) is 17.0. The molecule has 1 fully saturated rings. The molecular formula is C5H9N5. The number of anilines is 2. The third kappa shape index (κ3) is 0.706. The smallest absolute Gasteiger partial charge is 0.246 e. The molecule has 5 nitrogen and oxygen atoms in total. The van der Waals surface area contributed by atoms with Crippen molar-refractivity contribution in [1.29, 1.82) is 0 Å². The zero-order chi connectivity index (χ0) is 6.97. The van der Waals surface area contributed by atoms with Crippen LogP contribution in [-0.4, -0.2) is 28.3 Å². The van der Waals surface area contributed by atoms with Crippen LogP contribution in [0.2, 0.25) is 0 Å². The maximum absolute atomic E-state index is 5.34. The second-order valence-corrected chi connectivity index (χ2v) is 2.36. The molecule has 5 heteroatoms. The van der Waals surface area contributed by atoms with Crippen molar-refractivity contribution < 1.29 is 0 Å². The van der Waals surface area contributed by atoms with E-state index in [1.165, 1.54) is 6.42 Å². The van der Waals surface area contributed by atoms with Crippen LogP contribution in [0.15, 0.2) is 0 Å². The predicted octanol–water partition coefficient (Wildman–Crippen LogP) is -0.403. The Morgan fingerprint density at radius 3 is 2.70 bits per heavy atom. The molecule has 0 atom stereocenters. The average Bonchev–Trinajstić information content (AvgIpc) is 2.10. The van der Waals surface area contributed by atoms with E-state index in [4.69, 9.17) is 5.73 Å². The van der Waals surface area contributed by atoms with E-state index < -0.39 is 0 Å². The fraction of sp³-hybridized carbons (Fsp3) is 0.600. The van der Waals surface area contributed by atoms with E-state index in [1.807, 2.05) is 0 Å². The molecule has 0 radical (unpaired) electrons. The van der Waals surface area contributed by atoms with Gasteiger partial charge in [0.15, 0.2) is 0 Å². The number of nitrogens with one attached hydrogen (secondary N) is 1. The molecule has 1 aromatic rings. The van der Waals surface area contributed by atoms with Crippen LogP contribution < -0.4 is 10.6 Å². The van der Waals surface area contributed by atoms with Crippen molar-refractivity contribution in [2.75, 3.05) is 23.7 Å². The van der Waals surface area contributed by atoms with Crippen molar-refractivity contribution in [3.05, 3.63) is 0 Å². The zero-order valence-electron chi connectivity index (χ0n) is 5.54. The van der Waals surface area contributed by atoms with Crippen molar-refractivity contribution in [2.24, 2.45) is 0 Å². The van der Waals surface area contributed by atoms with Crippen LogP contribution in [0.1, 0.15) is 6.42 Å². The van der Waals surface area contributed by atoms with Crippen molar-refractivity contribution in [2.45, 2.75) is 6.42 Å². The van der Waals surface area contributed by atoms with Gasteiger partial charge >= 0.3 is 0 Å². The summed E-state index contributed by atoms with van der Waals surface area (Å²) in [6.45, 7) is 2.11. The van der Waals surface area contributed by atoms with Gasteiger partial charge in [-0.05, 0) is 6.42 Å². The summed E-state index contributed by atoms with van der Waals surface area (Å²) in [5.41, 5.74) is 5.34. The molecule has 0 unspecified atom stereocenters. The molecule has 0 amide bonds. The fourth-order valence-electron chi connectivity index (χ4n) is 0.923. The topological polar surface area (TPSA) is 70.8 Å². The fourth-order valence-corrected chi connectivity index (χ4v) is 0.923. The van der Waals surface area contributed by atoms with Crippen LogP contribution >= 0.6 is 0 Å². The van der Waals surface area contributed by atoms with Crippen molar-refractivity contribution >= 4 is 11.9 Å². The van der Waals surface area contributed by atoms with E-state index in [1.54, 1.807) is 0 Å². The van der Waals surface area contributed by atoms with E-state index in [9.17, 15) is 0 Å². The molecule has 0 aromatic carbocycles. The van der Waals surface area contributed by atoms with Gasteiger partial charge in [0.1, 0.15) is 0 Å². The summed E-state index contributed by atoms with van der Waals surface area (Å²) in [6.07, 6.45) is 1.23. The Morgan fingerprint density at radius 1 is 1.50 bits per heavy atom. The Labute approximate surface area is 58.2 Å². The number of nitrogens with two attached hydrogens (primary N) is 1. The van der Waals surface area contributed by atoms with Gasteiger partial charge in [0.2, 0.25) is 11.9 Å². The number of rotatable bonds is 1.